The molecule has 49 heavy (non-hydrogen) atoms. The number of aliphatic hydroxyl groups is 1. The lowest BCUT2D eigenvalue weighted by Gasteiger charge is -2.33. The van der Waals surface area contributed by atoms with Gasteiger partial charge in [0.15, 0.2) is 11.5 Å². The Morgan fingerprint density at radius 3 is 2.24 bits per heavy atom. The van der Waals surface area contributed by atoms with Gasteiger partial charge in [0.05, 0.1) is 41.7 Å². The van der Waals surface area contributed by atoms with Gasteiger partial charge in [-0.05, 0) is 80.8 Å². The van der Waals surface area contributed by atoms with Crippen LogP contribution in [0.25, 0.3) is 11.3 Å². The van der Waals surface area contributed by atoms with Crippen LogP contribution in [0.2, 0.25) is 5.02 Å². The van der Waals surface area contributed by atoms with Gasteiger partial charge in [-0.1, -0.05) is 46.4 Å². The number of methoxy groups -OCH3 is 1. The summed E-state index contributed by atoms with van der Waals surface area (Å²) in [4.78, 5) is 41.7. The Bertz CT molecular complexity index is 1770. The molecule has 0 bridgehead atoms. The molecule has 0 spiro atoms. The number of amides is 4. The van der Waals surface area contributed by atoms with E-state index in [9.17, 15) is 37.1 Å². The summed E-state index contributed by atoms with van der Waals surface area (Å²) >= 11 is 22.4. The summed E-state index contributed by atoms with van der Waals surface area (Å²) in [5, 5.41) is 17.2. The van der Waals surface area contributed by atoms with Crippen LogP contribution in [0.3, 0.4) is 0 Å². The molecular formula is C31H28Cl4F4N4O6. The highest BCUT2D eigenvalue weighted by molar-refractivity contribution is 6.76. The van der Waals surface area contributed by atoms with Crippen molar-refractivity contribution in [2.24, 2.45) is 0 Å². The Balaban J connectivity index is 1.73. The highest BCUT2D eigenvalue weighted by Crippen LogP contribution is 2.41. The predicted molar refractivity (Wildman–Crippen MR) is 174 cm³/mol. The fourth-order valence-electron chi connectivity index (χ4n) is 4.39. The molecule has 0 aliphatic heterocycles. The minimum Gasteiger partial charge on any atom is -0.493 e. The van der Waals surface area contributed by atoms with Crippen molar-refractivity contribution in [1.29, 1.82) is 0 Å². The van der Waals surface area contributed by atoms with Crippen LogP contribution in [-0.4, -0.2) is 57.7 Å². The lowest BCUT2D eigenvalue weighted by Crippen LogP contribution is -2.52. The molecule has 3 aromatic rings. The SMILES string of the molecule is COc1cc(C(=O)NCC(O)(c2cc(C(C)(C)NC(=O)NC(=O)C(Cl)(Cl)Cl)cc(-c3ccc(F)c(Cl)c3)n2)C(F)(F)F)ccc1OC1CC1. The number of nitrogens with zero attached hydrogens (tertiary/aromatic N) is 1. The van der Waals surface area contributed by atoms with Gasteiger partial charge in [-0.2, -0.15) is 13.2 Å². The summed E-state index contributed by atoms with van der Waals surface area (Å²) in [7, 11) is 1.34. The molecule has 264 valence electrons. The average molecular weight is 770 g/mol. The average Bonchev–Trinajstić information content (AvgIpc) is 3.83. The first-order valence-corrected chi connectivity index (χ1v) is 15.8. The van der Waals surface area contributed by atoms with Crippen molar-refractivity contribution in [3.05, 3.63) is 76.2 Å². The summed E-state index contributed by atoms with van der Waals surface area (Å²) in [5.74, 6) is -2.59. The van der Waals surface area contributed by atoms with Crippen LogP contribution in [0, 0.1) is 5.82 Å². The largest absolute Gasteiger partial charge is 0.493 e. The molecule has 1 saturated carbocycles. The first-order chi connectivity index (χ1) is 22.6. The maximum Gasteiger partial charge on any atom is 0.424 e. The van der Waals surface area contributed by atoms with E-state index in [1.807, 2.05) is 0 Å². The fourth-order valence-corrected chi connectivity index (χ4v) is 4.71. The third kappa shape index (κ3) is 9.17. The Kier molecular flexibility index (Phi) is 11.2. The Hall–Kier alpha value is -3.56. The number of pyridine rings is 1. The minimum absolute atomic E-state index is 0.00731. The van der Waals surface area contributed by atoms with Crippen molar-refractivity contribution in [3.8, 4) is 22.8 Å². The number of urea groups is 1. The Morgan fingerprint density at radius 2 is 1.67 bits per heavy atom. The Labute approximate surface area is 297 Å². The zero-order chi connectivity index (χ0) is 36.5. The zero-order valence-electron chi connectivity index (χ0n) is 25.8. The molecule has 1 atom stereocenters. The summed E-state index contributed by atoms with van der Waals surface area (Å²) < 4.78 is 66.8. The second-order valence-electron chi connectivity index (χ2n) is 11.5. The first-order valence-electron chi connectivity index (χ1n) is 14.3. The molecule has 1 fully saturated rings. The normalized spacial score (nSPS) is 14.8. The number of alkyl halides is 6. The third-order valence-electron chi connectivity index (χ3n) is 7.31. The first kappa shape index (κ1) is 38.2. The van der Waals surface area contributed by atoms with Gasteiger partial charge in [-0.3, -0.25) is 14.9 Å². The quantitative estimate of drug-likeness (QED) is 0.133. The van der Waals surface area contributed by atoms with Crippen molar-refractivity contribution in [2.75, 3.05) is 13.7 Å². The highest BCUT2D eigenvalue weighted by atomic mass is 35.6. The molecule has 1 aromatic heterocycles. The number of carbonyl (C=O) groups excluding carboxylic acids is 3. The molecule has 4 N–H and O–H groups in total. The van der Waals surface area contributed by atoms with Crippen LogP contribution in [0.1, 0.15) is 48.3 Å². The molecule has 1 unspecified atom stereocenters. The number of carbonyl (C=O) groups is 3. The number of rotatable bonds is 10. The molecular weight excluding hydrogens is 742 g/mol. The van der Waals surface area contributed by atoms with Crippen LogP contribution < -0.4 is 25.4 Å². The fraction of sp³-hybridized carbons (Fsp3) is 0.355. The molecule has 10 nitrogen and oxygen atoms in total. The van der Waals surface area contributed by atoms with Crippen LogP contribution in [0.4, 0.5) is 22.4 Å². The van der Waals surface area contributed by atoms with Gasteiger partial charge in [-0.25, -0.2) is 14.2 Å². The molecule has 4 rings (SSSR count). The second-order valence-corrected chi connectivity index (χ2v) is 14.2. The van der Waals surface area contributed by atoms with Crippen LogP contribution in [0.5, 0.6) is 11.5 Å². The zero-order valence-corrected chi connectivity index (χ0v) is 28.8. The van der Waals surface area contributed by atoms with Crippen LogP contribution >= 0.6 is 46.4 Å². The number of benzene rings is 2. The molecule has 2 aromatic carbocycles. The standard InChI is InChI=1S/C31H28Cl4F4N4O6/c1-28(2,43-27(46)42-26(45)30(33,34)35)17-12-21(15-4-8-20(36)19(32)10-15)41-24(13-17)29(47,31(37,38)39)14-40-25(44)16-5-9-22(23(11-16)48-3)49-18-6-7-18/h4-5,8-13,18,47H,6-7,14H2,1-3H3,(H,40,44)(H2,42,43,45,46). The molecule has 1 aliphatic carbocycles. The van der Waals surface area contributed by atoms with Gasteiger partial charge in [0.25, 0.3) is 15.6 Å². The molecule has 4 amide bonds. The minimum atomic E-state index is -5.44. The van der Waals surface area contributed by atoms with Gasteiger partial charge < -0.3 is 25.2 Å². The smallest absolute Gasteiger partial charge is 0.424 e. The van der Waals surface area contributed by atoms with Crippen molar-refractivity contribution in [1.82, 2.24) is 20.9 Å². The summed E-state index contributed by atoms with van der Waals surface area (Å²) in [5.41, 5.74) is -6.80. The van der Waals surface area contributed by atoms with Gasteiger partial charge in [0.2, 0.25) is 5.60 Å². The lowest BCUT2D eigenvalue weighted by molar-refractivity contribution is -0.265. The molecule has 0 radical (unpaired) electrons. The van der Waals surface area contributed by atoms with Crippen molar-refractivity contribution >= 4 is 64.2 Å². The van der Waals surface area contributed by atoms with E-state index in [0.29, 0.717) is 5.75 Å². The van der Waals surface area contributed by atoms with E-state index >= 15 is 0 Å². The molecule has 0 saturated heterocycles. The predicted octanol–water partition coefficient (Wildman–Crippen LogP) is 6.70. The molecule has 1 aliphatic rings. The van der Waals surface area contributed by atoms with Gasteiger partial charge in [0.1, 0.15) is 5.82 Å². The number of hydrogen-bond donors (Lipinski definition) is 4. The number of aromatic nitrogens is 1. The molecule has 1 heterocycles. The van der Waals surface area contributed by atoms with E-state index in [0.717, 1.165) is 31.0 Å². The van der Waals surface area contributed by atoms with E-state index in [4.69, 9.17) is 55.9 Å². The summed E-state index contributed by atoms with van der Waals surface area (Å²) in [6, 6.07) is 8.19. The monoisotopic (exact) mass is 768 g/mol. The number of imide groups is 1. The Morgan fingerprint density at radius 1 is 1.00 bits per heavy atom. The number of nitrogens with one attached hydrogen (secondary N) is 3. The number of ether oxygens (including phenoxy) is 2. The molecule has 18 heteroatoms. The maximum absolute atomic E-state index is 14.8. The maximum atomic E-state index is 14.8. The van der Waals surface area contributed by atoms with Gasteiger partial charge in [0, 0.05) is 11.1 Å². The van der Waals surface area contributed by atoms with Crippen LogP contribution in [0.15, 0.2) is 48.5 Å². The van der Waals surface area contributed by atoms with E-state index in [1.165, 1.54) is 51.3 Å². The lowest BCUT2D eigenvalue weighted by atomic mass is 9.88. The van der Waals surface area contributed by atoms with E-state index in [2.05, 4.69) is 15.6 Å². The van der Waals surface area contributed by atoms with Crippen molar-refractivity contribution in [3.63, 3.8) is 0 Å². The summed E-state index contributed by atoms with van der Waals surface area (Å²) in [6.07, 6.45) is -3.73. The van der Waals surface area contributed by atoms with E-state index in [1.54, 1.807) is 5.32 Å². The highest BCUT2D eigenvalue weighted by Gasteiger charge is 2.57. The second kappa shape index (κ2) is 14.4. The van der Waals surface area contributed by atoms with Gasteiger partial charge in [-0.15, -0.1) is 0 Å². The van der Waals surface area contributed by atoms with E-state index < -0.39 is 57.0 Å². The van der Waals surface area contributed by atoms with E-state index in [-0.39, 0.29) is 39.3 Å². The third-order valence-corrected chi connectivity index (χ3v) is 8.12. The topological polar surface area (TPSA) is 139 Å². The van der Waals surface area contributed by atoms with Crippen molar-refractivity contribution in [2.45, 2.75) is 53.9 Å². The number of hydrogen-bond acceptors (Lipinski definition) is 7. The number of halogens is 8. The van der Waals surface area contributed by atoms with Crippen LogP contribution in [-0.2, 0) is 15.9 Å². The van der Waals surface area contributed by atoms with Crippen molar-refractivity contribution < 1.29 is 46.5 Å². The summed E-state index contributed by atoms with van der Waals surface area (Å²) in [6.45, 7) is 1.29. The van der Waals surface area contributed by atoms with Gasteiger partial charge >= 0.3 is 12.2 Å².